The van der Waals surface area contributed by atoms with Crippen molar-refractivity contribution in [3.8, 4) is 17.6 Å². The number of furan rings is 1. The number of aromatic carboxylic acids is 1. The number of anilines is 1. The largest absolute Gasteiger partial charge is 0.495 e. The number of sulfone groups is 1. The van der Waals surface area contributed by atoms with Crippen LogP contribution in [0.5, 0.6) is 5.75 Å². The van der Waals surface area contributed by atoms with Crippen molar-refractivity contribution in [2.45, 2.75) is 17.2 Å². The summed E-state index contributed by atoms with van der Waals surface area (Å²) in [5.74, 6) is 4.17. The first kappa shape index (κ1) is 24.9. The van der Waals surface area contributed by atoms with Gasteiger partial charge in [0.25, 0.3) is 0 Å². The predicted molar refractivity (Wildman–Crippen MR) is 116 cm³/mol. The average molecular weight is 497 g/mol. The van der Waals surface area contributed by atoms with Crippen LogP contribution >= 0.6 is 0 Å². The van der Waals surface area contributed by atoms with Crippen LogP contribution in [0.15, 0.2) is 45.9 Å². The van der Waals surface area contributed by atoms with Crippen LogP contribution in [0.25, 0.3) is 11.0 Å². The number of hydrogen-bond donors (Lipinski definition) is 3. The molecular weight excluding hydrogens is 479 g/mol. The lowest BCUT2D eigenvalue weighted by molar-refractivity contribution is -0.206. The molecular formula is C22H18F3NO7S. The Morgan fingerprint density at radius 1 is 1.26 bits per heavy atom. The third-order valence-electron chi connectivity index (χ3n) is 4.74. The second kappa shape index (κ2) is 9.28. The minimum atomic E-state index is -4.97. The second-order valence-electron chi connectivity index (χ2n) is 7.13. The third kappa shape index (κ3) is 5.27. The fourth-order valence-corrected chi connectivity index (χ4v) is 3.75. The van der Waals surface area contributed by atoms with Gasteiger partial charge < -0.3 is 24.7 Å². The standard InChI is InChI=1S/C22H18F3NO7S/c1-32-18-10-13(34(2,30)31)5-6-17(18)26-7-3-4-12-8-14-16(20(27)22(23,24)25)11-33-19(14)15(9-12)21(28)29/h5-6,8-11,20,26-27H,7H2,1-2H3,(H,28,29). The van der Waals surface area contributed by atoms with E-state index in [0.717, 1.165) is 12.3 Å². The molecule has 1 heterocycles. The van der Waals surface area contributed by atoms with Crippen LogP contribution in [0.1, 0.15) is 27.6 Å². The summed E-state index contributed by atoms with van der Waals surface area (Å²) in [5, 5.41) is 21.7. The first-order chi connectivity index (χ1) is 15.8. The highest BCUT2D eigenvalue weighted by atomic mass is 32.2. The molecule has 0 fully saturated rings. The zero-order chi connectivity index (χ0) is 25.3. The molecule has 1 aromatic heterocycles. The normalized spacial score (nSPS) is 12.6. The van der Waals surface area contributed by atoms with Crippen LogP contribution < -0.4 is 10.1 Å². The number of aliphatic hydroxyl groups is 1. The molecule has 0 aliphatic rings. The lowest BCUT2D eigenvalue weighted by Gasteiger charge is -2.13. The van der Waals surface area contributed by atoms with Gasteiger partial charge in [-0.2, -0.15) is 13.2 Å². The summed E-state index contributed by atoms with van der Waals surface area (Å²) in [6, 6.07) is 6.55. The van der Waals surface area contributed by atoms with Gasteiger partial charge in [-0.15, -0.1) is 0 Å². The van der Waals surface area contributed by atoms with Gasteiger partial charge in [0.1, 0.15) is 16.9 Å². The number of halogens is 3. The highest BCUT2D eigenvalue weighted by molar-refractivity contribution is 7.90. The second-order valence-corrected chi connectivity index (χ2v) is 9.15. The van der Waals surface area contributed by atoms with E-state index < -0.39 is 39.2 Å². The number of carboxylic acid groups (broad SMARTS) is 1. The summed E-state index contributed by atoms with van der Waals surface area (Å²) in [5.41, 5.74) is -0.819. The monoisotopic (exact) mass is 497 g/mol. The Morgan fingerprint density at radius 3 is 2.56 bits per heavy atom. The Kier molecular flexibility index (Phi) is 6.81. The summed E-state index contributed by atoms with van der Waals surface area (Å²) in [6.07, 6.45) is -6.11. The van der Waals surface area contributed by atoms with Crippen LogP contribution in [0.4, 0.5) is 18.9 Å². The van der Waals surface area contributed by atoms with E-state index in [1.165, 1.54) is 31.4 Å². The Hall–Kier alpha value is -3.69. The highest BCUT2D eigenvalue weighted by Gasteiger charge is 2.41. The van der Waals surface area contributed by atoms with Crippen molar-refractivity contribution in [2.75, 3.05) is 25.2 Å². The van der Waals surface area contributed by atoms with Gasteiger partial charge in [0.15, 0.2) is 15.9 Å². The van der Waals surface area contributed by atoms with Crippen LogP contribution in [0.2, 0.25) is 0 Å². The molecule has 0 aliphatic heterocycles. The molecule has 0 saturated carbocycles. The number of methoxy groups -OCH3 is 1. The van der Waals surface area contributed by atoms with E-state index in [9.17, 15) is 36.6 Å². The van der Waals surface area contributed by atoms with Gasteiger partial charge in [-0.25, -0.2) is 13.2 Å². The van der Waals surface area contributed by atoms with Gasteiger partial charge in [-0.3, -0.25) is 0 Å². The molecule has 8 nitrogen and oxygen atoms in total. The number of ether oxygens (including phenoxy) is 1. The lowest BCUT2D eigenvalue weighted by atomic mass is 10.0. The Labute approximate surface area is 191 Å². The molecule has 12 heteroatoms. The molecule has 3 N–H and O–H groups in total. The number of carboxylic acids is 1. The summed E-state index contributed by atoms with van der Waals surface area (Å²) in [4.78, 5) is 11.6. The van der Waals surface area contributed by atoms with Crippen molar-refractivity contribution in [1.29, 1.82) is 0 Å². The first-order valence-electron chi connectivity index (χ1n) is 9.47. The third-order valence-corrected chi connectivity index (χ3v) is 5.85. The van der Waals surface area contributed by atoms with Crippen molar-refractivity contribution in [3.05, 3.63) is 53.3 Å². The zero-order valence-corrected chi connectivity index (χ0v) is 18.5. The van der Waals surface area contributed by atoms with Crippen molar-refractivity contribution >= 4 is 32.5 Å². The fourth-order valence-electron chi connectivity index (χ4n) is 3.11. The van der Waals surface area contributed by atoms with E-state index in [0.29, 0.717) is 12.0 Å². The van der Waals surface area contributed by atoms with Crippen LogP contribution in [-0.2, 0) is 9.84 Å². The molecule has 1 atom stereocenters. The topological polar surface area (TPSA) is 126 Å². The molecule has 2 aromatic carbocycles. The molecule has 0 saturated heterocycles. The molecule has 3 rings (SSSR count). The molecule has 34 heavy (non-hydrogen) atoms. The van der Waals surface area contributed by atoms with E-state index in [2.05, 4.69) is 17.2 Å². The van der Waals surface area contributed by atoms with Crippen molar-refractivity contribution in [2.24, 2.45) is 0 Å². The smallest absolute Gasteiger partial charge is 0.418 e. The molecule has 0 amide bonds. The van der Waals surface area contributed by atoms with Crippen LogP contribution in [-0.4, -0.2) is 50.7 Å². The molecule has 0 bridgehead atoms. The zero-order valence-electron chi connectivity index (χ0n) is 17.7. The van der Waals surface area contributed by atoms with Crippen molar-refractivity contribution in [3.63, 3.8) is 0 Å². The number of carbonyl (C=O) groups is 1. The summed E-state index contributed by atoms with van der Waals surface area (Å²) < 4.78 is 72.4. The Morgan fingerprint density at radius 2 is 1.97 bits per heavy atom. The predicted octanol–water partition coefficient (Wildman–Crippen LogP) is 3.60. The Bertz CT molecular complexity index is 1420. The van der Waals surface area contributed by atoms with Gasteiger partial charge in [0, 0.05) is 28.8 Å². The van der Waals surface area contributed by atoms with Gasteiger partial charge in [-0.05, 0) is 24.3 Å². The van der Waals surface area contributed by atoms with Crippen LogP contribution in [0, 0.1) is 11.8 Å². The minimum Gasteiger partial charge on any atom is -0.495 e. The minimum absolute atomic E-state index is 0.0123. The summed E-state index contributed by atoms with van der Waals surface area (Å²) >= 11 is 0. The molecule has 0 radical (unpaired) electrons. The number of nitrogens with one attached hydrogen (secondary N) is 1. The quantitative estimate of drug-likeness (QED) is 0.441. The molecule has 3 aromatic rings. The number of aliphatic hydroxyl groups excluding tert-OH is 1. The van der Waals surface area contributed by atoms with E-state index >= 15 is 0 Å². The van der Waals surface area contributed by atoms with Gasteiger partial charge in [0.2, 0.25) is 0 Å². The maximum Gasteiger partial charge on any atom is 0.418 e. The molecule has 0 aliphatic carbocycles. The number of alkyl halides is 3. The first-order valence-corrected chi connectivity index (χ1v) is 11.4. The SMILES string of the molecule is COc1cc(S(C)(=O)=O)ccc1NCC#Cc1cc(C(=O)O)c2occ(C(O)C(F)(F)F)c2c1. The molecule has 0 spiro atoms. The summed E-state index contributed by atoms with van der Waals surface area (Å²) in [7, 11) is -2.08. The highest BCUT2D eigenvalue weighted by Crippen LogP contribution is 2.38. The van der Waals surface area contributed by atoms with Gasteiger partial charge in [0.05, 0.1) is 30.5 Å². The molecule has 1 unspecified atom stereocenters. The van der Waals surface area contributed by atoms with Crippen molar-refractivity contribution < 1.29 is 45.8 Å². The van der Waals surface area contributed by atoms with Crippen LogP contribution in [0.3, 0.4) is 0 Å². The van der Waals surface area contributed by atoms with Gasteiger partial charge in [-0.1, -0.05) is 11.8 Å². The van der Waals surface area contributed by atoms with Gasteiger partial charge >= 0.3 is 12.1 Å². The van der Waals surface area contributed by atoms with Crippen molar-refractivity contribution in [1.82, 2.24) is 0 Å². The fraction of sp³-hybridized carbons (Fsp3) is 0.227. The number of fused-ring (bicyclic) bond motifs is 1. The Balaban J connectivity index is 1.90. The maximum atomic E-state index is 13.0. The average Bonchev–Trinajstić information content (AvgIpc) is 3.17. The lowest BCUT2D eigenvalue weighted by Crippen LogP contribution is -2.19. The van der Waals surface area contributed by atoms with E-state index in [-0.39, 0.29) is 33.7 Å². The number of benzene rings is 2. The summed E-state index contributed by atoms with van der Waals surface area (Å²) in [6.45, 7) is 0.0123. The van der Waals surface area contributed by atoms with E-state index in [4.69, 9.17) is 9.15 Å². The number of hydrogen-bond acceptors (Lipinski definition) is 7. The van der Waals surface area contributed by atoms with E-state index in [1.54, 1.807) is 0 Å². The molecule has 180 valence electrons. The van der Waals surface area contributed by atoms with E-state index in [1.807, 2.05) is 0 Å². The maximum absolute atomic E-state index is 13.0. The number of rotatable bonds is 6.